The lowest BCUT2D eigenvalue weighted by Gasteiger charge is -2.19. The van der Waals surface area contributed by atoms with Crippen LogP contribution in [0.15, 0.2) is 35.4 Å². The van der Waals surface area contributed by atoms with Crippen LogP contribution in [0.3, 0.4) is 0 Å². The van der Waals surface area contributed by atoms with Crippen LogP contribution in [0.5, 0.6) is 0 Å². The van der Waals surface area contributed by atoms with Crippen LogP contribution >= 0.6 is 11.3 Å². The fraction of sp³-hybridized carbons (Fsp3) is 0.381. The molecule has 2 heterocycles. The zero-order valence-corrected chi connectivity index (χ0v) is 17.2. The number of anilines is 1. The largest absolute Gasteiger partial charge is 0.418 e. The van der Waals surface area contributed by atoms with E-state index in [4.69, 9.17) is 0 Å². The van der Waals surface area contributed by atoms with Gasteiger partial charge in [0.2, 0.25) is 5.91 Å². The molecular formula is C21H20F3N3O2S. The molecule has 0 unspecified atom stereocenters. The molecule has 1 N–H and O–H groups in total. The normalized spacial score (nSPS) is 17.6. The molecule has 1 aromatic carbocycles. The average molecular weight is 435 g/mol. The average Bonchev–Trinajstić information content (AvgIpc) is 3.05. The van der Waals surface area contributed by atoms with Gasteiger partial charge in [-0.05, 0) is 49.8 Å². The molecule has 1 aliphatic carbocycles. The first-order chi connectivity index (χ1) is 14.2. The number of halogens is 3. The summed E-state index contributed by atoms with van der Waals surface area (Å²) in [6.45, 7) is 3.64. The predicted octanol–water partition coefficient (Wildman–Crippen LogP) is 4.80. The molecular weight excluding hydrogens is 415 g/mol. The van der Waals surface area contributed by atoms with Crippen molar-refractivity contribution < 1.29 is 18.0 Å². The summed E-state index contributed by atoms with van der Waals surface area (Å²) in [5.74, 6) is -0.168. The van der Waals surface area contributed by atoms with E-state index in [9.17, 15) is 22.8 Å². The van der Waals surface area contributed by atoms with Crippen molar-refractivity contribution in [2.45, 2.75) is 45.3 Å². The molecule has 30 heavy (non-hydrogen) atoms. The lowest BCUT2D eigenvalue weighted by Crippen LogP contribution is -2.32. The highest BCUT2D eigenvalue weighted by Gasteiger charge is 2.34. The van der Waals surface area contributed by atoms with Gasteiger partial charge in [0.25, 0.3) is 5.56 Å². The number of carbonyl (C=O) groups excluding carboxylic acids is 1. The van der Waals surface area contributed by atoms with Gasteiger partial charge in [0, 0.05) is 4.88 Å². The van der Waals surface area contributed by atoms with Crippen molar-refractivity contribution in [1.82, 2.24) is 9.55 Å². The number of aryl methyl sites for hydroxylation is 1. The molecule has 0 saturated heterocycles. The summed E-state index contributed by atoms with van der Waals surface area (Å²) in [6.07, 6.45) is -0.623. The lowest BCUT2D eigenvalue weighted by atomic mass is 9.89. The van der Waals surface area contributed by atoms with Crippen LogP contribution in [0.1, 0.15) is 42.3 Å². The van der Waals surface area contributed by atoms with Crippen molar-refractivity contribution in [3.05, 3.63) is 57.0 Å². The van der Waals surface area contributed by atoms with E-state index in [-0.39, 0.29) is 11.2 Å². The van der Waals surface area contributed by atoms with Crippen molar-refractivity contribution in [2.75, 3.05) is 5.32 Å². The maximum atomic E-state index is 13.2. The third kappa shape index (κ3) is 3.62. The second-order valence-electron chi connectivity index (χ2n) is 7.70. The Labute approximate surface area is 174 Å². The van der Waals surface area contributed by atoms with Gasteiger partial charge in [0.1, 0.15) is 10.9 Å². The molecule has 3 aromatic rings. The van der Waals surface area contributed by atoms with E-state index in [1.54, 1.807) is 0 Å². The minimum Gasteiger partial charge on any atom is -0.324 e. The monoisotopic (exact) mass is 435 g/mol. The van der Waals surface area contributed by atoms with Crippen LogP contribution in [0.25, 0.3) is 10.2 Å². The predicted molar refractivity (Wildman–Crippen MR) is 110 cm³/mol. The van der Waals surface area contributed by atoms with Crippen LogP contribution in [0.2, 0.25) is 0 Å². The number of hydrogen-bond acceptors (Lipinski definition) is 4. The van der Waals surface area contributed by atoms with Gasteiger partial charge in [-0.25, -0.2) is 4.98 Å². The van der Waals surface area contributed by atoms with E-state index < -0.39 is 23.7 Å². The molecule has 1 aliphatic rings. The minimum atomic E-state index is -4.60. The number of amides is 1. The Morgan fingerprint density at radius 2 is 2.07 bits per heavy atom. The first-order valence-corrected chi connectivity index (χ1v) is 10.5. The number of para-hydroxylation sites is 1. The maximum absolute atomic E-state index is 13.2. The highest BCUT2D eigenvalue weighted by Crippen LogP contribution is 2.36. The lowest BCUT2D eigenvalue weighted by molar-refractivity contribution is -0.137. The number of fused-ring (bicyclic) bond motifs is 3. The van der Waals surface area contributed by atoms with E-state index in [0.717, 1.165) is 35.8 Å². The summed E-state index contributed by atoms with van der Waals surface area (Å²) in [4.78, 5) is 32.0. The summed E-state index contributed by atoms with van der Waals surface area (Å²) in [6, 6.07) is 3.74. The van der Waals surface area contributed by atoms with Gasteiger partial charge in [-0.15, -0.1) is 11.3 Å². The van der Waals surface area contributed by atoms with Gasteiger partial charge in [-0.1, -0.05) is 19.1 Å². The third-order valence-electron chi connectivity index (χ3n) is 5.53. The number of aromatic nitrogens is 2. The number of alkyl halides is 3. The van der Waals surface area contributed by atoms with E-state index in [1.165, 1.54) is 47.4 Å². The molecule has 158 valence electrons. The van der Waals surface area contributed by atoms with E-state index in [2.05, 4.69) is 17.2 Å². The zero-order valence-electron chi connectivity index (χ0n) is 16.4. The molecule has 5 nitrogen and oxygen atoms in total. The van der Waals surface area contributed by atoms with Crippen LogP contribution in [-0.2, 0) is 23.8 Å². The Morgan fingerprint density at radius 1 is 1.33 bits per heavy atom. The maximum Gasteiger partial charge on any atom is 0.418 e. The Kier molecular flexibility index (Phi) is 5.17. The Balaban J connectivity index is 1.67. The summed E-state index contributed by atoms with van der Waals surface area (Å²) < 4.78 is 40.8. The first kappa shape index (κ1) is 20.6. The van der Waals surface area contributed by atoms with Gasteiger partial charge in [-0.2, -0.15) is 13.2 Å². The number of nitrogens with zero attached hydrogens (tertiary/aromatic N) is 2. The standard InChI is InChI=1S/C21H20F3N3O2S/c1-11-7-8-13-16(9-11)30-19-17(13)20(29)27(10-25-19)12(2)18(28)26-15-6-4-3-5-14(15)21(22,23)24/h3-6,10-12H,7-9H2,1-2H3,(H,26,28)/t11-,12+/m1/s1. The molecule has 0 spiro atoms. The van der Waals surface area contributed by atoms with Gasteiger partial charge in [0.15, 0.2) is 0 Å². The molecule has 2 aromatic heterocycles. The molecule has 0 aliphatic heterocycles. The Bertz CT molecular complexity index is 1180. The number of thiophene rings is 1. The molecule has 9 heteroatoms. The number of nitrogens with one attached hydrogen (secondary N) is 1. The van der Waals surface area contributed by atoms with Crippen LogP contribution in [0.4, 0.5) is 18.9 Å². The molecule has 0 bridgehead atoms. The van der Waals surface area contributed by atoms with Gasteiger partial charge >= 0.3 is 6.18 Å². The molecule has 1 amide bonds. The second-order valence-corrected chi connectivity index (χ2v) is 8.78. The Morgan fingerprint density at radius 3 is 2.80 bits per heavy atom. The minimum absolute atomic E-state index is 0.334. The fourth-order valence-corrected chi connectivity index (χ4v) is 5.16. The smallest absolute Gasteiger partial charge is 0.324 e. The molecule has 2 atom stereocenters. The quantitative estimate of drug-likeness (QED) is 0.643. The highest BCUT2D eigenvalue weighted by molar-refractivity contribution is 7.18. The summed E-state index contributed by atoms with van der Waals surface area (Å²) >= 11 is 1.50. The number of benzene rings is 1. The van der Waals surface area contributed by atoms with E-state index in [0.29, 0.717) is 16.1 Å². The number of hydrogen-bond donors (Lipinski definition) is 1. The second kappa shape index (κ2) is 7.54. The number of carbonyl (C=O) groups is 1. The summed E-state index contributed by atoms with van der Waals surface area (Å²) in [5, 5.41) is 2.84. The van der Waals surface area contributed by atoms with Crippen LogP contribution in [0, 0.1) is 5.92 Å². The van der Waals surface area contributed by atoms with Crippen molar-refractivity contribution >= 4 is 33.1 Å². The molecule has 4 rings (SSSR count). The highest BCUT2D eigenvalue weighted by atomic mass is 32.1. The Hall–Kier alpha value is -2.68. The van der Waals surface area contributed by atoms with Crippen molar-refractivity contribution in [3.8, 4) is 0 Å². The SMILES string of the molecule is C[C@@H]1CCc2c(sc3ncn([C@@H](C)C(=O)Nc4ccccc4C(F)(F)F)c(=O)c23)C1. The molecule has 0 saturated carbocycles. The molecule has 0 radical (unpaired) electrons. The number of rotatable bonds is 3. The molecule has 0 fully saturated rings. The van der Waals surface area contributed by atoms with Crippen LogP contribution in [-0.4, -0.2) is 15.5 Å². The van der Waals surface area contributed by atoms with Crippen molar-refractivity contribution in [2.24, 2.45) is 5.92 Å². The summed E-state index contributed by atoms with van der Waals surface area (Å²) in [7, 11) is 0. The van der Waals surface area contributed by atoms with Crippen molar-refractivity contribution in [3.63, 3.8) is 0 Å². The third-order valence-corrected chi connectivity index (χ3v) is 6.69. The van der Waals surface area contributed by atoms with Crippen LogP contribution < -0.4 is 10.9 Å². The van der Waals surface area contributed by atoms with Gasteiger partial charge in [-0.3, -0.25) is 14.2 Å². The van der Waals surface area contributed by atoms with Gasteiger partial charge < -0.3 is 5.32 Å². The van der Waals surface area contributed by atoms with Crippen molar-refractivity contribution in [1.29, 1.82) is 0 Å². The zero-order chi connectivity index (χ0) is 21.6. The van der Waals surface area contributed by atoms with E-state index >= 15 is 0 Å². The fourth-order valence-electron chi connectivity index (χ4n) is 3.82. The van der Waals surface area contributed by atoms with E-state index in [1.807, 2.05) is 0 Å². The topological polar surface area (TPSA) is 64.0 Å². The summed E-state index contributed by atoms with van der Waals surface area (Å²) in [5.41, 5.74) is -0.618. The van der Waals surface area contributed by atoms with Gasteiger partial charge in [0.05, 0.1) is 23.0 Å². The first-order valence-electron chi connectivity index (χ1n) is 9.65.